The van der Waals surface area contributed by atoms with E-state index in [-0.39, 0.29) is 22.0 Å². The molecule has 0 saturated carbocycles. The number of amides is 1. The zero-order chi connectivity index (χ0) is 20.1. The second-order valence-corrected chi connectivity index (χ2v) is 5.51. The molecule has 0 bridgehead atoms. The number of halogens is 2. The summed E-state index contributed by atoms with van der Waals surface area (Å²) in [6, 6.07) is 7.33. The molecule has 0 aliphatic carbocycles. The van der Waals surface area contributed by atoms with Crippen LogP contribution in [0.5, 0.6) is 11.5 Å². The van der Waals surface area contributed by atoms with Crippen molar-refractivity contribution in [1.29, 1.82) is 5.26 Å². The maximum absolute atomic E-state index is 13.2. The van der Waals surface area contributed by atoms with Gasteiger partial charge in [0.15, 0.2) is 5.75 Å². The summed E-state index contributed by atoms with van der Waals surface area (Å²) in [4.78, 5) is 22.4. The molecule has 0 unspecified atom stereocenters. The van der Waals surface area contributed by atoms with Crippen molar-refractivity contribution in [3.8, 4) is 17.6 Å². The molecule has 10 heteroatoms. The van der Waals surface area contributed by atoms with Crippen molar-refractivity contribution >= 4 is 35.0 Å². The lowest BCUT2D eigenvalue weighted by atomic mass is 10.1. The molecule has 1 amide bonds. The molecular formula is C17H11ClFN3O5. The number of anilines is 1. The Morgan fingerprint density at radius 2 is 2.15 bits per heavy atom. The molecule has 0 radical (unpaired) electrons. The van der Waals surface area contributed by atoms with Crippen LogP contribution in [0.3, 0.4) is 0 Å². The van der Waals surface area contributed by atoms with Crippen molar-refractivity contribution in [2.45, 2.75) is 0 Å². The van der Waals surface area contributed by atoms with Crippen molar-refractivity contribution in [2.24, 2.45) is 0 Å². The highest BCUT2D eigenvalue weighted by atomic mass is 35.5. The van der Waals surface area contributed by atoms with Gasteiger partial charge in [0, 0.05) is 11.8 Å². The number of carbonyl (C=O) groups is 1. The summed E-state index contributed by atoms with van der Waals surface area (Å²) in [6.45, 7) is 0. The van der Waals surface area contributed by atoms with Gasteiger partial charge in [0.2, 0.25) is 5.75 Å². The van der Waals surface area contributed by atoms with Gasteiger partial charge in [-0.3, -0.25) is 14.9 Å². The molecular weight excluding hydrogens is 381 g/mol. The highest BCUT2D eigenvalue weighted by Gasteiger charge is 2.20. The monoisotopic (exact) mass is 391 g/mol. The fourth-order valence-electron chi connectivity index (χ4n) is 2.08. The molecule has 0 atom stereocenters. The fourth-order valence-corrected chi connectivity index (χ4v) is 2.26. The number of nitrogens with one attached hydrogen (secondary N) is 1. The van der Waals surface area contributed by atoms with E-state index in [1.54, 1.807) is 6.07 Å². The van der Waals surface area contributed by atoms with Crippen LogP contribution in [0, 0.1) is 27.3 Å². The smallest absolute Gasteiger partial charge is 0.315 e. The van der Waals surface area contributed by atoms with Crippen LogP contribution in [0.15, 0.2) is 35.9 Å². The second-order valence-electron chi connectivity index (χ2n) is 5.10. The Bertz CT molecular complexity index is 1000. The molecule has 2 aromatic carbocycles. The third-order valence-electron chi connectivity index (χ3n) is 3.35. The average molecular weight is 392 g/mol. The minimum atomic E-state index is -0.838. The first-order valence-corrected chi connectivity index (χ1v) is 7.58. The quantitative estimate of drug-likeness (QED) is 0.347. The molecule has 138 valence electrons. The molecule has 2 rings (SSSR count). The van der Waals surface area contributed by atoms with Crippen LogP contribution in [-0.4, -0.2) is 23.0 Å². The van der Waals surface area contributed by atoms with E-state index in [9.17, 15) is 29.7 Å². The van der Waals surface area contributed by atoms with Crippen LogP contribution in [0.1, 0.15) is 5.56 Å². The van der Waals surface area contributed by atoms with Crippen molar-refractivity contribution in [2.75, 3.05) is 12.4 Å². The standard InChI is InChI=1S/C17H11ClFN3O5/c1-27-15-6-9(5-14(16(15)23)22(25)26)4-10(8-20)17(24)21-11-2-3-13(19)12(18)7-11/h2-7,23H,1H3,(H,21,24)/b10-4+. The number of phenolic OH excluding ortho intramolecular Hbond substituents is 1. The Hall–Kier alpha value is -3.64. The van der Waals surface area contributed by atoms with Crippen LogP contribution in [-0.2, 0) is 4.79 Å². The van der Waals surface area contributed by atoms with Gasteiger partial charge in [-0.05, 0) is 35.9 Å². The Labute approximate surface area is 157 Å². The average Bonchev–Trinajstić information content (AvgIpc) is 2.63. The molecule has 2 N–H and O–H groups in total. The van der Waals surface area contributed by atoms with Crippen LogP contribution in [0.2, 0.25) is 5.02 Å². The number of hydrogen-bond acceptors (Lipinski definition) is 6. The summed E-state index contributed by atoms with van der Waals surface area (Å²) in [5.41, 5.74) is -0.803. The summed E-state index contributed by atoms with van der Waals surface area (Å²) in [5.74, 6) is -2.38. The number of methoxy groups -OCH3 is 1. The molecule has 0 heterocycles. The Morgan fingerprint density at radius 1 is 1.44 bits per heavy atom. The predicted octanol–water partition coefficient (Wildman–Crippen LogP) is 3.65. The summed E-state index contributed by atoms with van der Waals surface area (Å²) in [7, 11) is 1.20. The van der Waals surface area contributed by atoms with E-state index in [1.807, 2.05) is 0 Å². The van der Waals surface area contributed by atoms with Crippen molar-refractivity contribution in [3.05, 3.63) is 62.4 Å². The van der Waals surface area contributed by atoms with Crippen LogP contribution < -0.4 is 10.1 Å². The van der Waals surface area contributed by atoms with E-state index in [1.165, 1.54) is 19.2 Å². The van der Waals surface area contributed by atoms with E-state index in [0.29, 0.717) is 0 Å². The molecule has 0 aliphatic rings. The Morgan fingerprint density at radius 3 is 2.70 bits per heavy atom. The highest BCUT2D eigenvalue weighted by molar-refractivity contribution is 6.31. The van der Waals surface area contributed by atoms with Gasteiger partial charge in [-0.25, -0.2) is 4.39 Å². The molecule has 27 heavy (non-hydrogen) atoms. The Kier molecular flexibility index (Phi) is 5.95. The van der Waals surface area contributed by atoms with Gasteiger partial charge in [-0.1, -0.05) is 11.6 Å². The largest absolute Gasteiger partial charge is 0.500 e. The van der Waals surface area contributed by atoms with Crippen LogP contribution >= 0.6 is 11.6 Å². The number of ether oxygens (including phenoxy) is 1. The number of phenols is 1. The molecule has 2 aromatic rings. The topological polar surface area (TPSA) is 125 Å². The van der Waals surface area contributed by atoms with E-state index >= 15 is 0 Å². The summed E-state index contributed by atoms with van der Waals surface area (Å²) >= 11 is 5.63. The molecule has 0 aromatic heterocycles. The van der Waals surface area contributed by atoms with Gasteiger partial charge in [-0.15, -0.1) is 0 Å². The lowest BCUT2D eigenvalue weighted by Gasteiger charge is -2.07. The maximum Gasteiger partial charge on any atom is 0.315 e. The molecule has 0 aliphatic heterocycles. The fraction of sp³-hybridized carbons (Fsp3) is 0.0588. The van der Waals surface area contributed by atoms with Gasteiger partial charge < -0.3 is 15.2 Å². The van der Waals surface area contributed by atoms with E-state index < -0.39 is 33.7 Å². The number of rotatable bonds is 5. The predicted molar refractivity (Wildman–Crippen MR) is 94.9 cm³/mol. The lowest BCUT2D eigenvalue weighted by Crippen LogP contribution is -2.13. The third-order valence-corrected chi connectivity index (χ3v) is 3.64. The lowest BCUT2D eigenvalue weighted by molar-refractivity contribution is -0.386. The zero-order valence-electron chi connectivity index (χ0n) is 13.7. The summed E-state index contributed by atoms with van der Waals surface area (Å²) in [5, 5.41) is 32.1. The van der Waals surface area contributed by atoms with E-state index in [4.69, 9.17) is 16.3 Å². The number of benzene rings is 2. The van der Waals surface area contributed by atoms with Crippen molar-refractivity contribution in [1.82, 2.24) is 0 Å². The van der Waals surface area contributed by atoms with Gasteiger partial charge in [0.05, 0.1) is 17.1 Å². The molecule has 0 spiro atoms. The number of carbonyl (C=O) groups excluding carboxylic acids is 1. The van der Waals surface area contributed by atoms with Crippen molar-refractivity contribution < 1.29 is 24.0 Å². The van der Waals surface area contributed by atoms with Crippen LogP contribution in [0.4, 0.5) is 15.8 Å². The first-order valence-electron chi connectivity index (χ1n) is 7.20. The SMILES string of the molecule is COc1cc(/C=C(\C#N)C(=O)Nc2ccc(F)c(Cl)c2)cc([N+](=O)[O-])c1O. The number of nitro groups is 1. The molecule has 8 nitrogen and oxygen atoms in total. The first-order chi connectivity index (χ1) is 12.8. The maximum atomic E-state index is 13.2. The second kappa shape index (κ2) is 8.16. The number of hydrogen-bond donors (Lipinski definition) is 2. The highest BCUT2D eigenvalue weighted by Crippen LogP contribution is 2.37. The first kappa shape index (κ1) is 19.7. The number of aromatic hydroxyl groups is 1. The summed E-state index contributed by atoms with van der Waals surface area (Å²) in [6.07, 6.45) is 1.08. The van der Waals surface area contributed by atoms with Crippen LogP contribution in [0.25, 0.3) is 6.08 Å². The van der Waals surface area contributed by atoms with Gasteiger partial charge in [-0.2, -0.15) is 5.26 Å². The molecule has 0 saturated heterocycles. The minimum absolute atomic E-state index is 0.0835. The number of nitriles is 1. The van der Waals surface area contributed by atoms with Crippen molar-refractivity contribution in [3.63, 3.8) is 0 Å². The number of nitrogens with zero attached hydrogens (tertiary/aromatic N) is 2. The third kappa shape index (κ3) is 4.50. The Balaban J connectivity index is 2.38. The molecule has 0 fully saturated rings. The van der Waals surface area contributed by atoms with E-state index in [0.717, 1.165) is 24.3 Å². The van der Waals surface area contributed by atoms with E-state index in [2.05, 4.69) is 5.32 Å². The normalized spacial score (nSPS) is 10.8. The summed E-state index contributed by atoms with van der Waals surface area (Å²) < 4.78 is 18.0. The van der Waals surface area contributed by atoms with Gasteiger partial charge >= 0.3 is 5.69 Å². The number of nitro benzene ring substituents is 1. The zero-order valence-corrected chi connectivity index (χ0v) is 14.5. The minimum Gasteiger partial charge on any atom is -0.500 e. The van der Waals surface area contributed by atoms with Gasteiger partial charge in [0.1, 0.15) is 17.5 Å². The van der Waals surface area contributed by atoms with Gasteiger partial charge in [0.25, 0.3) is 5.91 Å².